The number of amides is 2. The first-order valence-electron chi connectivity index (χ1n) is 11.1. The fraction of sp³-hybridized carbons (Fsp3) is 0.542. The minimum Gasteiger partial charge on any atom is -0.351 e. The van der Waals surface area contributed by atoms with E-state index in [4.69, 9.17) is 0 Å². The van der Waals surface area contributed by atoms with Crippen LogP contribution in [0.1, 0.15) is 80.5 Å². The van der Waals surface area contributed by atoms with Gasteiger partial charge in [0.05, 0.1) is 12.2 Å². The number of rotatable bonds is 5. The lowest BCUT2D eigenvalue weighted by Crippen LogP contribution is -2.64. The molecule has 1 saturated carbocycles. The molecule has 0 radical (unpaired) electrons. The van der Waals surface area contributed by atoms with Crippen LogP contribution >= 0.6 is 0 Å². The van der Waals surface area contributed by atoms with Crippen LogP contribution in [0.25, 0.3) is 0 Å². The van der Waals surface area contributed by atoms with E-state index < -0.39 is 5.54 Å². The second-order valence-electron chi connectivity index (χ2n) is 9.23. The van der Waals surface area contributed by atoms with Gasteiger partial charge >= 0.3 is 0 Å². The van der Waals surface area contributed by atoms with Gasteiger partial charge in [-0.05, 0) is 37.3 Å². The van der Waals surface area contributed by atoms with E-state index in [0.717, 1.165) is 36.9 Å². The smallest absolute Gasteiger partial charge is 0.273 e. The van der Waals surface area contributed by atoms with Crippen LogP contribution in [-0.2, 0) is 17.9 Å². The molecule has 2 heterocycles. The maximum absolute atomic E-state index is 13.6. The molecule has 0 saturated heterocycles. The third-order valence-corrected chi connectivity index (χ3v) is 6.52. The summed E-state index contributed by atoms with van der Waals surface area (Å²) in [5.74, 6) is 0.0116. The number of carbonyl (C=O) groups excluding carboxylic acids is 2. The fourth-order valence-electron chi connectivity index (χ4n) is 4.55. The number of carbonyl (C=O) groups is 2. The van der Waals surface area contributed by atoms with Crippen LogP contribution in [0, 0.1) is 0 Å². The largest absolute Gasteiger partial charge is 0.351 e. The normalized spacial score (nSPS) is 22.3. The van der Waals surface area contributed by atoms with E-state index in [1.165, 1.54) is 6.42 Å². The number of nitrogens with one attached hydrogen (secondary N) is 1. The van der Waals surface area contributed by atoms with Crippen LogP contribution in [0.15, 0.2) is 36.4 Å². The lowest BCUT2D eigenvalue weighted by atomic mass is 9.91. The van der Waals surface area contributed by atoms with Crippen LogP contribution in [0.3, 0.4) is 0 Å². The van der Waals surface area contributed by atoms with Crippen molar-refractivity contribution in [1.82, 2.24) is 20.0 Å². The average Bonchev–Trinajstić information content (AvgIpc) is 3.17. The third kappa shape index (κ3) is 3.87. The first kappa shape index (κ1) is 20.6. The standard InChI is InChI=1S/C24H32N4O2/c1-17(2)20-14-21-22(29)27(15-18-10-6-4-7-11-18)24(3,16-28(21)26-20)23(30)25-19-12-8-5-9-13-19/h4,6-7,10-11,14,17,19H,5,8-9,12-13,15-16H2,1-3H3,(H,25,30)/t24-/m1/s1. The highest BCUT2D eigenvalue weighted by molar-refractivity contribution is 5.99. The van der Waals surface area contributed by atoms with Crippen molar-refractivity contribution in [2.45, 2.75) is 83.5 Å². The second-order valence-corrected chi connectivity index (χ2v) is 9.23. The van der Waals surface area contributed by atoms with Gasteiger partial charge in [-0.25, -0.2) is 0 Å². The van der Waals surface area contributed by atoms with Gasteiger partial charge < -0.3 is 10.2 Å². The van der Waals surface area contributed by atoms with E-state index in [2.05, 4.69) is 24.3 Å². The molecule has 4 rings (SSSR count). The molecular weight excluding hydrogens is 376 g/mol. The Hall–Kier alpha value is -2.63. The van der Waals surface area contributed by atoms with Crippen molar-refractivity contribution in [3.63, 3.8) is 0 Å². The summed E-state index contributed by atoms with van der Waals surface area (Å²) in [4.78, 5) is 28.8. The SMILES string of the molecule is CC(C)c1cc2n(n1)C[C@](C)(C(=O)NC1CCCCC1)N(Cc1ccccc1)C2=O. The Morgan fingerprint density at radius 1 is 1.20 bits per heavy atom. The van der Waals surface area contributed by atoms with Crippen molar-refractivity contribution in [3.8, 4) is 0 Å². The van der Waals surface area contributed by atoms with E-state index in [1.54, 1.807) is 9.58 Å². The average molecular weight is 409 g/mol. The predicted molar refractivity (Wildman–Crippen MR) is 116 cm³/mol. The molecule has 1 aliphatic carbocycles. The fourth-order valence-corrected chi connectivity index (χ4v) is 4.55. The molecular formula is C24H32N4O2. The molecule has 6 nitrogen and oxygen atoms in total. The summed E-state index contributed by atoms with van der Waals surface area (Å²) in [6, 6.07) is 12.0. The summed E-state index contributed by atoms with van der Waals surface area (Å²) in [5, 5.41) is 7.91. The molecule has 1 aliphatic heterocycles. The van der Waals surface area contributed by atoms with Gasteiger partial charge in [0.1, 0.15) is 11.2 Å². The molecule has 0 spiro atoms. The Kier molecular flexibility index (Phi) is 5.67. The van der Waals surface area contributed by atoms with E-state index >= 15 is 0 Å². The van der Waals surface area contributed by atoms with Crippen LogP contribution in [0.2, 0.25) is 0 Å². The molecule has 2 amide bonds. The van der Waals surface area contributed by atoms with E-state index in [9.17, 15) is 9.59 Å². The first-order chi connectivity index (χ1) is 14.4. The van der Waals surface area contributed by atoms with Crippen molar-refractivity contribution in [2.75, 3.05) is 0 Å². The second kappa shape index (κ2) is 8.25. The van der Waals surface area contributed by atoms with Gasteiger partial charge in [-0.1, -0.05) is 63.4 Å². The molecule has 30 heavy (non-hydrogen) atoms. The number of fused-ring (bicyclic) bond motifs is 1. The van der Waals surface area contributed by atoms with Crippen LogP contribution < -0.4 is 5.32 Å². The van der Waals surface area contributed by atoms with Crippen molar-refractivity contribution >= 4 is 11.8 Å². The molecule has 6 heteroatoms. The third-order valence-electron chi connectivity index (χ3n) is 6.52. The molecule has 0 unspecified atom stereocenters. The quantitative estimate of drug-likeness (QED) is 0.817. The van der Waals surface area contributed by atoms with Crippen molar-refractivity contribution in [3.05, 3.63) is 53.3 Å². The zero-order valence-corrected chi connectivity index (χ0v) is 18.2. The summed E-state index contributed by atoms with van der Waals surface area (Å²) < 4.78 is 1.74. The Morgan fingerprint density at radius 3 is 2.57 bits per heavy atom. The molecule has 1 fully saturated rings. The maximum Gasteiger partial charge on any atom is 0.273 e. The van der Waals surface area contributed by atoms with Crippen LogP contribution in [-0.4, -0.2) is 38.1 Å². The summed E-state index contributed by atoms with van der Waals surface area (Å²) in [6.07, 6.45) is 5.56. The molecule has 1 aromatic heterocycles. The van der Waals surface area contributed by atoms with Gasteiger partial charge in [0.2, 0.25) is 5.91 Å². The summed E-state index contributed by atoms with van der Waals surface area (Å²) in [5.41, 5.74) is 1.48. The Balaban J connectivity index is 1.68. The maximum atomic E-state index is 13.6. The van der Waals surface area contributed by atoms with Crippen molar-refractivity contribution < 1.29 is 9.59 Å². The van der Waals surface area contributed by atoms with Gasteiger partial charge in [0, 0.05) is 12.6 Å². The van der Waals surface area contributed by atoms with Gasteiger partial charge in [-0.15, -0.1) is 0 Å². The molecule has 2 aromatic rings. The summed E-state index contributed by atoms with van der Waals surface area (Å²) in [7, 11) is 0. The number of aromatic nitrogens is 2. The summed E-state index contributed by atoms with van der Waals surface area (Å²) in [6.45, 7) is 6.78. The summed E-state index contributed by atoms with van der Waals surface area (Å²) >= 11 is 0. The predicted octanol–water partition coefficient (Wildman–Crippen LogP) is 3.87. The Bertz CT molecular complexity index is 915. The molecule has 1 atom stereocenters. The Morgan fingerprint density at radius 2 is 1.90 bits per heavy atom. The highest BCUT2D eigenvalue weighted by Crippen LogP contribution is 2.31. The molecule has 2 aliphatic rings. The van der Waals surface area contributed by atoms with Crippen LogP contribution in [0.5, 0.6) is 0 Å². The molecule has 160 valence electrons. The highest BCUT2D eigenvalue weighted by atomic mass is 16.2. The minimum atomic E-state index is -0.988. The zero-order chi connectivity index (χ0) is 21.3. The van der Waals surface area contributed by atoms with Gasteiger partial charge in [-0.3, -0.25) is 14.3 Å². The van der Waals surface area contributed by atoms with Crippen molar-refractivity contribution in [1.29, 1.82) is 0 Å². The van der Waals surface area contributed by atoms with E-state index in [-0.39, 0.29) is 23.8 Å². The number of nitrogens with zero attached hydrogens (tertiary/aromatic N) is 3. The monoisotopic (exact) mass is 408 g/mol. The van der Waals surface area contributed by atoms with Crippen LogP contribution in [0.4, 0.5) is 0 Å². The molecule has 1 aromatic carbocycles. The highest BCUT2D eigenvalue weighted by Gasteiger charge is 2.48. The number of hydrogen-bond acceptors (Lipinski definition) is 3. The minimum absolute atomic E-state index is 0.0778. The lowest BCUT2D eigenvalue weighted by molar-refractivity contribution is -0.134. The molecule has 1 N–H and O–H groups in total. The topological polar surface area (TPSA) is 67.2 Å². The zero-order valence-electron chi connectivity index (χ0n) is 18.2. The van der Waals surface area contributed by atoms with Gasteiger partial charge in [-0.2, -0.15) is 5.10 Å². The van der Waals surface area contributed by atoms with E-state index in [1.807, 2.05) is 43.3 Å². The number of hydrogen-bond donors (Lipinski definition) is 1. The molecule has 0 bridgehead atoms. The van der Waals surface area contributed by atoms with Gasteiger partial charge in [0.25, 0.3) is 5.91 Å². The Labute approximate surface area is 178 Å². The van der Waals surface area contributed by atoms with Gasteiger partial charge in [0.15, 0.2) is 0 Å². The number of benzene rings is 1. The van der Waals surface area contributed by atoms with E-state index in [0.29, 0.717) is 18.8 Å². The van der Waals surface area contributed by atoms with Crippen molar-refractivity contribution in [2.24, 2.45) is 0 Å². The first-order valence-corrected chi connectivity index (χ1v) is 11.1. The lowest BCUT2D eigenvalue weighted by Gasteiger charge is -2.44.